The second-order valence-electron chi connectivity index (χ2n) is 8.38. The van der Waals surface area contributed by atoms with Gasteiger partial charge in [0.1, 0.15) is 23.9 Å². The molecular formula is C28H24F3N3O4. The second-order valence-corrected chi connectivity index (χ2v) is 8.38. The van der Waals surface area contributed by atoms with Gasteiger partial charge in [-0.1, -0.05) is 24.0 Å². The molecule has 1 fully saturated rings. The van der Waals surface area contributed by atoms with Gasteiger partial charge in [0.05, 0.1) is 11.1 Å². The Balaban J connectivity index is 1.28. The van der Waals surface area contributed by atoms with Crippen LogP contribution in [0, 0.1) is 11.8 Å². The highest BCUT2D eigenvalue weighted by Gasteiger charge is 2.36. The normalized spacial score (nSPS) is 13.4. The van der Waals surface area contributed by atoms with Crippen LogP contribution in [0.3, 0.4) is 0 Å². The summed E-state index contributed by atoms with van der Waals surface area (Å²) in [4.78, 5) is 31.6. The zero-order valence-corrected chi connectivity index (χ0v) is 20.5. The lowest BCUT2D eigenvalue weighted by Gasteiger charge is -2.35. The molecule has 0 N–H and O–H groups in total. The van der Waals surface area contributed by atoms with Crippen LogP contribution in [0.5, 0.6) is 11.5 Å². The van der Waals surface area contributed by atoms with E-state index < -0.39 is 23.6 Å². The van der Waals surface area contributed by atoms with Crippen molar-refractivity contribution in [1.29, 1.82) is 0 Å². The van der Waals surface area contributed by atoms with Crippen molar-refractivity contribution in [2.75, 3.05) is 37.7 Å². The van der Waals surface area contributed by atoms with Crippen molar-refractivity contribution in [1.82, 2.24) is 9.88 Å². The number of carbonyl (C=O) groups excluding carboxylic acids is 2. The summed E-state index contributed by atoms with van der Waals surface area (Å²) in [5, 5.41) is 0. The minimum Gasteiger partial charge on any atom is -0.481 e. The maximum atomic E-state index is 13.3. The van der Waals surface area contributed by atoms with Crippen LogP contribution in [-0.4, -0.2) is 54.5 Å². The lowest BCUT2D eigenvalue weighted by molar-refractivity contribution is -0.138. The lowest BCUT2D eigenvalue weighted by Crippen LogP contribution is -2.49. The van der Waals surface area contributed by atoms with E-state index >= 15 is 0 Å². The molecular weight excluding hydrogens is 499 g/mol. The first-order chi connectivity index (χ1) is 18.2. The minimum atomic E-state index is -4.59. The van der Waals surface area contributed by atoms with Crippen LogP contribution in [0.2, 0.25) is 0 Å². The Morgan fingerprint density at radius 1 is 0.947 bits per heavy atom. The van der Waals surface area contributed by atoms with Gasteiger partial charge in [0.15, 0.2) is 0 Å². The van der Waals surface area contributed by atoms with Crippen LogP contribution in [-0.2, 0) is 11.0 Å². The fourth-order valence-corrected chi connectivity index (χ4v) is 3.90. The molecule has 0 unspecified atom stereocenters. The van der Waals surface area contributed by atoms with Gasteiger partial charge in [0, 0.05) is 44.9 Å². The van der Waals surface area contributed by atoms with E-state index in [2.05, 4.69) is 16.8 Å². The fourth-order valence-electron chi connectivity index (χ4n) is 3.90. The molecule has 0 aliphatic carbocycles. The first-order valence-electron chi connectivity index (χ1n) is 11.8. The van der Waals surface area contributed by atoms with Gasteiger partial charge in [-0.3, -0.25) is 9.59 Å². The Morgan fingerprint density at radius 2 is 1.63 bits per heavy atom. The van der Waals surface area contributed by atoms with E-state index in [1.165, 1.54) is 30.0 Å². The Morgan fingerprint density at radius 3 is 2.26 bits per heavy atom. The molecule has 10 heteroatoms. The van der Waals surface area contributed by atoms with Crippen molar-refractivity contribution in [3.8, 4) is 23.3 Å². The molecule has 7 nitrogen and oxygen atoms in total. The van der Waals surface area contributed by atoms with Crippen LogP contribution in [0.1, 0.15) is 28.4 Å². The third-order valence-electron chi connectivity index (χ3n) is 5.73. The van der Waals surface area contributed by atoms with E-state index in [1.807, 2.05) is 17.0 Å². The Bertz CT molecular complexity index is 1340. The second kappa shape index (κ2) is 11.7. The SMILES string of the molecule is CC(=O)Oc1ccc(OCC#Cc2ccc(N3CCN(C(=O)c4ccccc4C(F)(F)F)CC3)nc2)cc1. The summed E-state index contributed by atoms with van der Waals surface area (Å²) in [5.41, 5.74) is -0.564. The van der Waals surface area contributed by atoms with E-state index in [4.69, 9.17) is 9.47 Å². The largest absolute Gasteiger partial charge is 0.481 e. The van der Waals surface area contributed by atoms with Crippen molar-refractivity contribution in [2.24, 2.45) is 0 Å². The molecule has 0 bridgehead atoms. The number of benzene rings is 2. The molecule has 4 rings (SSSR count). The smallest absolute Gasteiger partial charge is 0.417 e. The summed E-state index contributed by atoms with van der Waals surface area (Å²) in [6.45, 7) is 2.95. The van der Waals surface area contributed by atoms with E-state index in [0.717, 1.165) is 6.07 Å². The molecule has 0 spiro atoms. The number of hydrogen-bond donors (Lipinski definition) is 0. The first-order valence-corrected chi connectivity index (χ1v) is 11.8. The molecule has 0 atom stereocenters. The Hall–Kier alpha value is -4.52. The molecule has 196 valence electrons. The molecule has 0 saturated carbocycles. The van der Waals surface area contributed by atoms with Crippen LogP contribution in [0.4, 0.5) is 19.0 Å². The van der Waals surface area contributed by atoms with Crippen LogP contribution in [0.15, 0.2) is 66.9 Å². The molecule has 1 aliphatic rings. The highest BCUT2D eigenvalue weighted by molar-refractivity contribution is 5.96. The summed E-state index contributed by atoms with van der Waals surface area (Å²) >= 11 is 0. The number of anilines is 1. The van der Waals surface area contributed by atoms with Gasteiger partial charge >= 0.3 is 12.1 Å². The van der Waals surface area contributed by atoms with Crippen molar-refractivity contribution in [2.45, 2.75) is 13.1 Å². The number of rotatable bonds is 5. The molecule has 2 aromatic carbocycles. The van der Waals surface area contributed by atoms with Gasteiger partial charge in [0.25, 0.3) is 5.91 Å². The van der Waals surface area contributed by atoms with Gasteiger partial charge in [-0.2, -0.15) is 13.2 Å². The quantitative estimate of drug-likeness (QED) is 0.280. The molecule has 1 aromatic heterocycles. The third kappa shape index (κ3) is 6.82. The molecule has 38 heavy (non-hydrogen) atoms. The number of aromatic nitrogens is 1. The molecule has 1 aliphatic heterocycles. The minimum absolute atomic E-state index is 0.155. The molecule has 2 heterocycles. The molecule has 1 saturated heterocycles. The number of carbonyl (C=O) groups is 2. The predicted octanol–water partition coefficient (Wildman–Crippen LogP) is 4.42. The molecule has 3 aromatic rings. The highest BCUT2D eigenvalue weighted by Crippen LogP contribution is 2.32. The van der Waals surface area contributed by atoms with Gasteiger partial charge < -0.3 is 19.3 Å². The Kier molecular flexibility index (Phi) is 8.16. The Labute approximate surface area is 217 Å². The maximum absolute atomic E-state index is 13.3. The monoisotopic (exact) mass is 523 g/mol. The summed E-state index contributed by atoms with van der Waals surface area (Å²) in [6, 6.07) is 15.1. The van der Waals surface area contributed by atoms with Gasteiger partial charge in [-0.25, -0.2) is 4.98 Å². The molecule has 1 amide bonds. The number of amides is 1. The maximum Gasteiger partial charge on any atom is 0.417 e. The van der Waals surface area contributed by atoms with E-state index in [9.17, 15) is 22.8 Å². The average Bonchev–Trinajstić information content (AvgIpc) is 2.91. The van der Waals surface area contributed by atoms with Crippen molar-refractivity contribution in [3.05, 3.63) is 83.6 Å². The van der Waals surface area contributed by atoms with Gasteiger partial charge in [-0.05, 0) is 48.5 Å². The van der Waals surface area contributed by atoms with Crippen molar-refractivity contribution in [3.63, 3.8) is 0 Å². The summed E-state index contributed by atoms with van der Waals surface area (Å²) in [6.07, 6.45) is -2.96. The number of nitrogens with zero attached hydrogens (tertiary/aromatic N) is 3. The standard InChI is InChI=1S/C28H24F3N3O4/c1-20(35)38-23-11-9-22(10-12-23)37-18-4-5-21-8-13-26(32-19-21)33-14-16-34(17-15-33)27(36)24-6-2-3-7-25(24)28(29,30)31/h2-3,6-13,19H,14-18H2,1H3. The third-order valence-corrected chi connectivity index (χ3v) is 5.73. The first kappa shape index (κ1) is 26.5. The number of pyridine rings is 1. The van der Waals surface area contributed by atoms with E-state index in [-0.39, 0.29) is 25.3 Å². The van der Waals surface area contributed by atoms with Gasteiger partial charge in [0.2, 0.25) is 0 Å². The number of esters is 1. The van der Waals surface area contributed by atoms with Gasteiger partial charge in [-0.15, -0.1) is 0 Å². The number of hydrogen-bond acceptors (Lipinski definition) is 6. The zero-order chi connectivity index (χ0) is 27.1. The lowest BCUT2D eigenvalue weighted by atomic mass is 10.1. The predicted molar refractivity (Wildman–Crippen MR) is 134 cm³/mol. The summed E-state index contributed by atoms with van der Waals surface area (Å²) in [7, 11) is 0. The highest BCUT2D eigenvalue weighted by atomic mass is 19.4. The van der Waals surface area contributed by atoms with E-state index in [1.54, 1.807) is 30.5 Å². The summed E-state index contributed by atoms with van der Waals surface area (Å²) < 4.78 is 50.4. The van der Waals surface area contributed by atoms with E-state index in [0.29, 0.717) is 36.0 Å². The summed E-state index contributed by atoms with van der Waals surface area (Å²) in [5.74, 6) is 6.57. The van der Waals surface area contributed by atoms with Crippen LogP contribution in [0.25, 0.3) is 0 Å². The number of alkyl halides is 3. The topological polar surface area (TPSA) is 72.0 Å². The number of piperazine rings is 1. The number of halogens is 3. The van der Waals surface area contributed by atoms with Crippen molar-refractivity contribution < 1.29 is 32.2 Å². The fraction of sp³-hybridized carbons (Fsp3) is 0.250. The van der Waals surface area contributed by atoms with Crippen LogP contribution >= 0.6 is 0 Å². The number of ether oxygens (including phenoxy) is 2. The molecule has 0 radical (unpaired) electrons. The average molecular weight is 524 g/mol. The van der Waals surface area contributed by atoms with Crippen LogP contribution < -0.4 is 14.4 Å². The zero-order valence-electron chi connectivity index (χ0n) is 20.5. The van der Waals surface area contributed by atoms with Crippen molar-refractivity contribution >= 4 is 17.7 Å².